The second-order valence-electron chi connectivity index (χ2n) is 5.46. The van der Waals surface area contributed by atoms with Crippen LogP contribution in [0.4, 0.5) is 0 Å². The molecule has 0 aromatic carbocycles. The molecule has 1 rings (SSSR count). The van der Waals surface area contributed by atoms with Crippen molar-refractivity contribution in [1.29, 1.82) is 0 Å². The number of carbonyl (C=O) groups excluding carboxylic acids is 1. The van der Waals surface area contributed by atoms with Crippen molar-refractivity contribution < 1.29 is 4.79 Å². The van der Waals surface area contributed by atoms with Crippen LogP contribution in [0.25, 0.3) is 0 Å². The number of rotatable bonds is 5. The Kier molecular flexibility index (Phi) is 4.78. The number of nitrogens with one attached hydrogen (secondary N) is 1. The summed E-state index contributed by atoms with van der Waals surface area (Å²) >= 11 is 0. The first-order valence-corrected chi connectivity index (χ1v) is 6.56. The molecule has 0 aromatic heterocycles. The Morgan fingerprint density at radius 2 is 1.94 bits per heavy atom. The van der Waals surface area contributed by atoms with E-state index in [2.05, 4.69) is 26.1 Å². The van der Waals surface area contributed by atoms with Crippen LogP contribution in [-0.4, -0.2) is 18.5 Å². The number of nitrogens with two attached hydrogens (primary N) is 1. The van der Waals surface area contributed by atoms with E-state index in [0.717, 1.165) is 19.3 Å². The number of amides is 1. The van der Waals surface area contributed by atoms with Gasteiger partial charge < -0.3 is 11.1 Å². The quantitative estimate of drug-likeness (QED) is 0.754. The maximum absolute atomic E-state index is 12.2. The highest BCUT2D eigenvalue weighted by Gasteiger charge is 2.39. The summed E-state index contributed by atoms with van der Waals surface area (Å²) < 4.78 is 0. The van der Waals surface area contributed by atoms with Crippen molar-refractivity contribution in [1.82, 2.24) is 5.32 Å². The fraction of sp³-hybridized carbons (Fsp3) is 0.923. The highest BCUT2D eigenvalue weighted by molar-refractivity contribution is 5.82. The predicted molar refractivity (Wildman–Crippen MR) is 67.0 cm³/mol. The van der Waals surface area contributed by atoms with Gasteiger partial charge in [-0.3, -0.25) is 4.79 Å². The van der Waals surface area contributed by atoms with E-state index in [1.165, 1.54) is 12.8 Å². The highest BCUT2D eigenvalue weighted by Crippen LogP contribution is 2.40. The number of hydrogen-bond acceptors (Lipinski definition) is 2. The molecule has 1 aliphatic carbocycles. The molecule has 0 aromatic rings. The average Bonchev–Trinajstić information content (AvgIpc) is 2.74. The molecule has 1 unspecified atom stereocenters. The first-order chi connectivity index (χ1) is 7.52. The highest BCUT2D eigenvalue weighted by atomic mass is 16.2. The molecule has 1 amide bonds. The molecular weight excluding hydrogens is 200 g/mol. The fourth-order valence-corrected chi connectivity index (χ4v) is 2.43. The van der Waals surface area contributed by atoms with E-state index in [4.69, 9.17) is 5.73 Å². The Morgan fingerprint density at radius 3 is 2.38 bits per heavy atom. The van der Waals surface area contributed by atoms with Crippen LogP contribution in [0, 0.1) is 11.3 Å². The van der Waals surface area contributed by atoms with Crippen LogP contribution in [0.5, 0.6) is 0 Å². The standard InChI is InChI=1S/C13H26N2O/c1-4-13(7-5-6-8-13)12(16)15-9-11(14)10(2)3/h10-11H,4-9,14H2,1-3H3,(H,15,16). The van der Waals surface area contributed by atoms with E-state index in [-0.39, 0.29) is 17.4 Å². The van der Waals surface area contributed by atoms with Gasteiger partial charge in [0, 0.05) is 18.0 Å². The third kappa shape index (κ3) is 2.97. The van der Waals surface area contributed by atoms with Crippen molar-refractivity contribution in [2.45, 2.75) is 58.9 Å². The smallest absolute Gasteiger partial charge is 0.226 e. The summed E-state index contributed by atoms with van der Waals surface area (Å²) in [5.74, 6) is 0.644. The van der Waals surface area contributed by atoms with E-state index in [9.17, 15) is 4.79 Å². The van der Waals surface area contributed by atoms with Gasteiger partial charge in [0.15, 0.2) is 0 Å². The van der Waals surface area contributed by atoms with Crippen molar-refractivity contribution in [2.75, 3.05) is 6.54 Å². The lowest BCUT2D eigenvalue weighted by molar-refractivity contribution is -0.131. The van der Waals surface area contributed by atoms with Gasteiger partial charge in [-0.25, -0.2) is 0 Å². The molecule has 0 aliphatic heterocycles. The normalized spacial score (nSPS) is 21.1. The SMILES string of the molecule is CCC1(C(=O)NCC(N)C(C)C)CCCC1. The first-order valence-electron chi connectivity index (χ1n) is 6.56. The summed E-state index contributed by atoms with van der Waals surface area (Å²) in [6.45, 7) is 6.90. The lowest BCUT2D eigenvalue weighted by Gasteiger charge is -2.27. The third-order valence-electron chi connectivity index (χ3n) is 4.07. The maximum Gasteiger partial charge on any atom is 0.226 e. The molecule has 1 atom stereocenters. The van der Waals surface area contributed by atoms with Gasteiger partial charge in [0.25, 0.3) is 0 Å². The molecule has 0 saturated heterocycles. The minimum Gasteiger partial charge on any atom is -0.354 e. The van der Waals surface area contributed by atoms with Gasteiger partial charge in [-0.15, -0.1) is 0 Å². The topological polar surface area (TPSA) is 55.1 Å². The van der Waals surface area contributed by atoms with Crippen LogP contribution in [0.1, 0.15) is 52.9 Å². The molecule has 0 radical (unpaired) electrons. The van der Waals surface area contributed by atoms with E-state index in [1.807, 2.05) is 0 Å². The van der Waals surface area contributed by atoms with Gasteiger partial charge in [0.2, 0.25) is 5.91 Å². The largest absolute Gasteiger partial charge is 0.354 e. The van der Waals surface area contributed by atoms with Gasteiger partial charge in [0.1, 0.15) is 0 Å². The Labute approximate surface area is 99.2 Å². The molecule has 1 saturated carbocycles. The molecule has 0 spiro atoms. The minimum atomic E-state index is -0.0866. The summed E-state index contributed by atoms with van der Waals surface area (Å²) in [5.41, 5.74) is 5.85. The molecule has 1 aliphatic rings. The van der Waals surface area contributed by atoms with Crippen molar-refractivity contribution in [3.05, 3.63) is 0 Å². The number of hydrogen-bond donors (Lipinski definition) is 2. The van der Waals surface area contributed by atoms with E-state index in [0.29, 0.717) is 12.5 Å². The molecule has 0 heterocycles. The zero-order chi connectivity index (χ0) is 12.2. The van der Waals surface area contributed by atoms with Crippen LogP contribution >= 0.6 is 0 Å². The molecule has 16 heavy (non-hydrogen) atoms. The Morgan fingerprint density at radius 1 is 1.38 bits per heavy atom. The summed E-state index contributed by atoms with van der Waals surface area (Å²) in [4.78, 5) is 12.2. The van der Waals surface area contributed by atoms with Gasteiger partial charge >= 0.3 is 0 Å². The Bertz CT molecular complexity index is 232. The average molecular weight is 226 g/mol. The van der Waals surface area contributed by atoms with Gasteiger partial charge in [0.05, 0.1) is 0 Å². The number of carbonyl (C=O) groups is 1. The summed E-state index contributed by atoms with van der Waals surface area (Å²) in [5, 5.41) is 3.03. The Balaban J connectivity index is 2.45. The van der Waals surface area contributed by atoms with Gasteiger partial charge in [-0.05, 0) is 25.2 Å². The molecule has 3 N–H and O–H groups in total. The minimum absolute atomic E-state index is 0.0688. The van der Waals surface area contributed by atoms with E-state index >= 15 is 0 Å². The zero-order valence-electron chi connectivity index (χ0n) is 10.9. The zero-order valence-corrected chi connectivity index (χ0v) is 10.9. The summed E-state index contributed by atoms with van der Waals surface area (Å²) in [7, 11) is 0. The van der Waals surface area contributed by atoms with E-state index in [1.54, 1.807) is 0 Å². The van der Waals surface area contributed by atoms with Crippen LogP contribution in [0.15, 0.2) is 0 Å². The summed E-state index contributed by atoms with van der Waals surface area (Å²) in [6.07, 6.45) is 5.43. The monoisotopic (exact) mass is 226 g/mol. The summed E-state index contributed by atoms with van der Waals surface area (Å²) in [6, 6.07) is 0.0688. The second-order valence-corrected chi connectivity index (χ2v) is 5.46. The molecule has 3 heteroatoms. The third-order valence-corrected chi connectivity index (χ3v) is 4.07. The lowest BCUT2D eigenvalue weighted by atomic mass is 9.82. The second kappa shape index (κ2) is 5.67. The molecule has 1 fully saturated rings. The van der Waals surface area contributed by atoms with Gasteiger partial charge in [-0.1, -0.05) is 33.6 Å². The molecular formula is C13H26N2O. The van der Waals surface area contributed by atoms with Crippen molar-refractivity contribution in [3.63, 3.8) is 0 Å². The molecule has 3 nitrogen and oxygen atoms in total. The van der Waals surface area contributed by atoms with E-state index < -0.39 is 0 Å². The fourth-order valence-electron chi connectivity index (χ4n) is 2.43. The maximum atomic E-state index is 12.2. The van der Waals surface area contributed by atoms with Crippen molar-refractivity contribution in [2.24, 2.45) is 17.1 Å². The van der Waals surface area contributed by atoms with Crippen LogP contribution in [-0.2, 0) is 4.79 Å². The Hall–Kier alpha value is -0.570. The van der Waals surface area contributed by atoms with Crippen molar-refractivity contribution in [3.8, 4) is 0 Å². The predicted octanol–water partition coefficient (Wildman–Crippen LogP) is 2.06. The van der Waals surface area contributed by atoms with Crippen LogP contribution in [0.2, 0.25) is 0 Å². The van der Waals surface area contributed by atoms with Crippen molar-refractivity contribution >= 4 is 5.91 Å². The van der Waals surface area contributed by atoms with Crippen LogP contribution < -0.4 is 11.1 Å². The molecule has 0 bridgehead atoms. The first kappa shape index (κ1) is 13.5. The van der Waals surface area contributed by atoms with Gasteiger partial charge in [-0.2, -0.15) is 0 Å². The van der Waals surface area contributed by atoms with Crippen LogP contribution in [0.3, 0.4) is 0 Å². The lowest BCUT2D eigenvalue weighted by Crippen LogP contribution is -2.45. The molecule has 94 valence electrons.